The number of rotatable bonds is 16. The van der Waals surface area contributed by atoms with Gasteiger partial charge in [0, 0.05) is 19.5 Å². The highest BCUT2D eigenvalue weighted by atomic mass is 32.2. The second-order valence-electron chi connectivity index (χ2n) is 11.6. The van der Waals surface area contributed by atoms with Crippen LogP contribution in [0.15, 0.2) is 108 Å². The van der Waals surface area contributed by atoms with Crippen LogP contribution < -0.4 is 19.1 Å². The summed E-state index contributed by atoms with van der Waals surface area (Å²) >= 11 is 0. The number of benzene rings is 4. The molecular formula is C37H42FN3O6S. The van der Waals surface area contributed by atoms with E-state index in [1.165, 1.54) is 48.4 Å². The van der Waals surface area contributed by atoms with Crippen LogP contribution in [0, 0.1) is 11.7 Å². The smallest absolute Gasteiger partial charge is 0.264 e. The third-order valence-corrected chi connectivity index (χ3v) is 9.35. The molecule has 11 heteroatoms. The Bertz CT molecular complexity index is 1750. The van der Waals surface area contributed by atoms with Crippen molar-refractivity contribution < 1.29 is 31.9 Å². The Hall–Kier alpha value is -4.90. The molecule has 0 fully saturated rings. The number of carbonyl (C=O) groups excluding carboxylic acids is 2. The molecule has 0 aliphatic rings. The first-order valence-electron chi connectivity index (χ1n) is 15.8. The summed E-state index contributed by atoms with van der Waals surface area (Å²) in [6.07, 6.45) is 0.183. The molecule has 1 N–H and O–H groups in total. The number of anilines is 1. The summed E-state index contributed by atoms with van der Waals surface area (Å²) in [7, 11) is -2.82. The topological polar surface area (TPSA) is 105 Å². The highest BCUT2D eigenvalue weighted by molar-refractivity contribution is 7.92. The molecule has 0 aliphatic heterocycles. The molecule has 0 aliphatic carbocycles. The van der Waals surface area contributed by atoms with E-state index in [2.05, 4.69) is 5.32 Å². The number of amides is 2. The summed E-state index contributed by atoms with van der Waals surface area (Å²) in [5, 5.41) is 2.97. The molecule has 0 bridgehead atoms. The van der Waals surface area contributed by atoms with Crippen molar-refractivity contribution >= 4 is 27.5 Å². The largest absolute Gasteiger partial charge is 0.497 e. The van der Waals surface area contributed by atoms with E-state index in [1.807, 2.05) is 57.2 Å². The van der Waals surface area contributed by atoms with Crippen LogP contribution in [0.1, 0.15) is 31.9 Å². The number of carbonyl (C=O) groups is 2. The minimum atomic E-state index is -4.35. The minimum Gasteiger partial charge on any atom is -0.497 e. The Morgan fingerprint density at radius 3 is 2.15 bits per heavy atom. The molecule has 0 radical (unpaired) electrons. The van der Waals surface area contributed by atoms with Crippen LogP contribution in [0.2, 0.25) is 0 Å². The Morgan fingerprint density at radius 2 is 1.52 bits per heavy atom. The van der Waals surface area contributed by atoms with Crippen LogP contribution >= 0.6 is 0 Å². The van der Waals surface area contributed by atoms with Gasteiger partial charge in [-0.25, -0.2) is 12.8 Å². The van der Waals surface area contributed by atoms with Crippen molar-refractivity contribution in [1.29, 1.82) is 0 Å². The predicted octanol–water partition coefficient (Wildman–Crippen LogP) is 5.84. The van der Waals surface area contributed by atoms with Gasteiger partial charge in [0.15, 0.2) is 0 Å². The first-order valence-corrected chi connectivity index (χ1v) is 17.2. The molecule has 2 amide bonds. The quantitative estimate of drug-likeness (QED) is 0.160. The zero-order valence-electron chi connectivity index (χ0n) is 27.6. The highest BCUT2D eigenvalue weighted by Gasteiger charge is 2.34. The number of ether oxygens (including phenoxy) is 2. The number of nitrogens with zero attached hydrogens (tertiary/aromatic N) is 2. The lowest BCUT2D eigenvalue weighted by Gasteiger charge is -2.34. The van der Waals surface area contributed by atoms with E-state index in [1.54, 1.807) is 18.2 Å². The third-order valence-electron chi connectivity index (χ3n) is 7.56. The molecule has 4 aromatic carbocycles. The van der Waals surface area contributed by atoms with Crippen LogP contribution in [-0.2, 0) is 32.6 Å². The van der Waals surface area contributed by atoms with Crippen molar-refractivity contribution in [3.8, 4) is 11.5 Å². The van der Waals surface area contributed by atoms with Crippen LogP contribution in [-0.4, -0.2) is 58.0 Å². The molecule has 0 heterocycles. The third kappa shape index (κ3) is 9.57. The summed E-state index contributed by atoms with van der Waals surface area (Å²) in [5.74, 6) is -0.352. The van der Waals surface area contributed by atoms with E-state index in [9.17, 15) is 22.4 Å². The van der Waals surface area contributed by atoms with Crippen molar-refractivity contribution in [3.05, 3.63) is 120 Å². The van der Waals surface area contributed by atoms with Crippen LogP contribution in [0.4, 0.5) is 10.1 Å². The minimum absolute atomic E-state index is 0.0109. The van der Waals surface area contributed by atoms with Crippen molar-refractivity contribution in [2.24, 2.45) is 5.92 Å². The summed E-state index contributed by atoms with van der Waals surface area (Å²) in [6, 6.07) is 26.2. The van der Waals surface area contributed by atoms with Gasteiger partial charge >= 0.3 is 0 Å². The summed E-state index contributed by atoms with van der Waals surface area (Å²) in [4.78, 5) is 29.8. The van der Waals surface area contributed by atoms with Crippen molar-refractivity contribution in [2.45, 2.75) is 44.7 Å². The Morgan fingerprint density at radius 1 is 0.854 bits per heavy atom. The molecule has 0 aromatic heterocycles. The van der Waals surface area contributed by atoms with E-state index in [0.717, 1.165) is 22.0 Å². The summed E-state index contributed by atoms with van der Waals surface area (Å²) in [6.45, 7) is 5.88. The summed E-state index contributed by atoms with van der Waals surface area (Å²) in [5.41, 5.74) is 1.59. The maximum Gasteiger partial charge on any atom is 0.264 e. The molecule has 9 nitrogen and oxygen atoms in total. The monoisotopic (exact) mass is 675 g/mol. The number of halogens is 1. The van der Waals surface area contributed by atoms with Crippen LogP contribution in [0.5, 0.6) is 11.5 Å². The molecule has 0 spiro atoms. The Labute approximate surface area is 282 Å². The molecule has 0 saturated carbocycles. The molecule has 0 saturated heterocycles. The molecule has 4 aromatic rings. The van der Waals surface area contributed by atoms with Crippen molar-refractivity contribution in [1.82, 2.24) is 10.2 Å². The number of sulfonamides is 1. The number of hydrogen-bond acceptors (Lipinski definition) is 6. The first-order chi connectivity index (χ1) is 23.0. The molecule has 254 valence electrons. The van der Waals surface area contributed by atoms with E-state index < -0.39 is 34.3 Å². The van der Waals surface area contributed by atoms with Crippen LogP contribution in [0.3, 0.4) is 0 Å². The molecule has 48 heavy (non-hydrogen) atoms. The zero-order chi connectivity index (χ0) is 34.7. The zero-order valence-corrected chi connectivity index (χ0v) is 28.5. The van der Waals surface area contributed by atoms with Gasteiger partial charge in [-0.15, -0.1) is 0 Å². The van der Waals surface area contributed by atoms with Gasteiger partial charge in [0.25, 0.3) is 10.0 Å². The van der Waals surface area contributed by atoms with E-state index in [-0.39, 0.29) is 35.4 Å². The van der Waals surface area contributed by atoms with Crippen molar-refractivity contribution in [2.75, 3.05) is 31.1 Å². The van der Waals surface area contributed by atoms with Crippen molar-refractivity contribution in [3.63, 3.8) is 0 Å². The fraction of sp³-hybridized carbons (Fsp3) is 0.297. The average molecular weight is 676 g/mol. The molecule has 4 rings (SSSR count). The van der Waals surface area contributed by atoms with E-state index >= 15 is 0 Å². The van der Waals surface area contributed by atoms with E-state index in [0.29, 0.717) is 30.2 Å². The standard InChI is InChI=1S/C37H42FN3O6S/c1-5-47-32-18-20-34(21-19-32)48(44,45)41(31-16-14-30(38)15-17-31)26-36(42)40(25-29-12-9-13-33(22-29)46-4)35(37(43)39-24-27(2)3)23-28-10-7-6-8-11-28/h6-22,27,35H,5,23-26H2,1-4H3,(H,39,43). The lowest BCUT2D eigenvalue weighted by atomic mass is 10.0. The predicted molar refractivity (Wildman–Crippen MR) is 184 cm³/mol. The normalized spacial score (nSPS) is 11.9. The number of methoxy groups -OCH3 is 1. The second-order valence-corrected chi connectivity index (χ2v) is 13.5. The van der Waals surface area contributed by atoms with Gasteiger partial charge in [0.05, 0.1) is 24.3 Å². The Kier molecular flexibility index (Phi) is 12.6. The van der Waals surface area contributed by atoms with Gasteiger partial charge in [-0.1, -0.05) is 56.3 Å². The fourth-order valence-corrected chi connectivity index (χ4v) is 6.50. The second kappa shape index (κ2) is 16.8. The lowest BCUT2D eigenvalue weighted by Crippen LogP contribution is -2.53. The lowest BCUT2D eigenvalue weighted by molar-refractivity contribution is -0.140. The van der Waals surface area contributed by atoms with Crippen LogP contribution in [0.25, 0.3) is 0 Å². The Balaban J connectivity index is 1.80. The molecule has 1 unspecified atom stereocenters. The van der Waals surface area contributed by atoms with Gasteiger partial charge in [0.2, 0.25) is 11.8 Å². The fourth-order valence-electron chi connectivity index (χ4n) is 5.08. The molecular weight excluding hydrogens is 633 g/mol. The average Bonchev–Trinajstić information content (AvgIpc) is 3.09. The number of hydrogen-bond donors (Lipinski definition) is 1. The van der Waals surface area contributed by atoms with Gasteiger partial charge in [-0.2, -0.15) is 0 Å². The SMILES string of the molecule is CCOc1ccc(S(=O)(=O)N(CC(=O)N(Cc2cccc(OC)c2)C(Cc2ccccc2)C(=O)NCC(C)C)c2ccc(F)cc2)cc1. The maximum atomic E-state index is 14.6. The molecule has 1 atom stereocenters. The first kappa shape index (κ1) is 35.9. The maximum absolute atomic E-state index is 14.6. The van der Waals surface area contributed by atoms with Gasteiger partial charge in [0.1, 0.15) is 29.9 Å². The summed E-state index contributed by atoms with van der Waals surface area (Å²) < 4.78 is 54.2. The van der Waals surface area contributed by atoms with E-state index in [4.69, 9.17) is 9.47 Å². The van der Waals surface area contributed by atoms with Gasteiger partial charge in [-0.05, 0) is 84.6 Å². The van der Waals surface area contributed by atoms with Gasteiger partial charge in [-0.3, -0.25) is 13.9 Å². The highest BCUT2D eigenvalue weighted by Crippen LogP contribution is 2.27. The van der Waals surface area contributed by atoms with Gasteiger partial charge < -0.3 is 19.7 Å². The number of nitrogens with one attached hydrogen (secondary N) is 1.